The van der Waals surface area contributed by atoms with Crippen LogP contribution in [0.15, 0.2) is 12.4 Å². The normalized spacial score (nSPS) is 30.1. The summed E-state index contributed by atoms with van der Waals surface area (Å²) < 4.78 is 0. The van der Waals surface area contributed by atoms with E-state index in [9.17, 15) is 5.11 Å². The van der Waals surface area contributed by atoms with Gasteiger partial charge in [-0.25, -0.2) is 9.97 Å². The molecule has 0 bridgehead atoms. The Kier molecular flexibility index (Phi) is 3.78. The molecule has 2 saturated carbocycles. The van der Waals surface area contributed by atoms with E-state index in [4.69, 9.17) is 0 Å². The first kappa shape index (κ1) is 14.4. The van der Waals surface area contributed by atoms with Gasteiger partial charge < -0.3 is 10.0 Å². The van der Waals surface area contributed by atoms with Crippen LogP contribution in [0.1, 0.15) is 44.2 Å². The highest BCUT2D eigenvalue weighted by Gasteiger charge is 2.40. The Morgan fingerprint density at radius 3 is 2.32 bits per heavy atom. The molecule has 2 aliphatic carbocycles. The summed E-state index contributed by atoms with van der Waals surface area (Å²) in [6.07, 6.45) is 8.73. The van der Waals surface area contributed by atoms with Gasteiger partial charge in [-0.3, -0.25) is 4.90 Å². The lowest BCUT2D eigenvalue weighted by Gasteiger charge is -2.46. The lowest BCUT2D eigenvalue weighted by molar-refractivity contribution is -0.0301. The maximum atomic E-state index is 9.87. The molecule has 0 radical (unpaired) electrons. The van der Waals surface area contributed by atoms with E-state index in [1.54, 1.807) is 6.33 Å². The van der Waals surface area contributed by atoms with Crippen molar-refractivity contribution in [1.29, 1.82) is 0 Å². The zero-order valence-electron chi connectivity index (χ0n) is 13.4. The minimum atomic E-state index is -0.0828. The summed E-state index contributed by atoms with van der Waals surface area (Å²) in [7, 11) is 0. The molecular formula is C17H26N4O. The first-order chi connectivity index (χ1) is 10.7. The summed E-state index contributed by atoms with van der Waals surface area (Å²) in [6, 6.07) is 3.83. The third-order valence-electron chi connectivity index (χ3n) is 5.56. The summed E-state index contributed by atoms with van der Waals surface area (Å²) in [5.74, 6) is 1.11. The average Bonchev–Trinajstić information content (AvgIpc) is 3.33. The zero-order valence-corrected chi connectivity index (χ0v) is 13.4. The van der Waals surface area contributed by atoms with Crippen LogP contribution < -0.4 is 4.90 Å². The van der Waals surface area contributed by atoms with Crippen LogP contribution in [0.3, 0.4) is 0 Å². The second-order valence-corrected chi connectivity index (χ2v) is 7.14. The van der Waals surface area contributed by atoms with Gasteiger partial charge in [0.05, 0.1) is 6.10 Å². The number of aromatic nitrogens is 2. The molecule has 5 heteroatoms. The average molecular weight is 302 g/mol. The minimum absolute atomic E-state index is 0.0828. The standard InChI is InChI=1S/C17H26N4O/c1-12-10-17(19-11-18-12)21(13-2-3-13)14-6-8-20(9-7-14)15-4-5-16(15)22/h10-11,13-16,22H,2-9H2,1H3. The van der Waals surface area contributed by atoms with Crippen molar-refractivity contribution in [3.63, 3.8) is 0 Å². The summed E-state index contributed by atoms with van der Waals surface area (Å²) in [6.45, 7) is 4.26. The molecule has 2 atom stereocenters. The van der Waals surface area contributed by atoms with Crippen LogP contribution in [0.5, 0.6) is 0 Å². The van der Waals surface area contributed by atoms with E-state index in [-0.39, 0.29) is 6.10 Å². The van der Waals surface area contributed by atoms with Gasteiger partial charge in [0.15, 0.2) is 0 Å². The number of aryl methyl sites for hydroxylation is 1. The van der Waals surface area contributed by atoms with E-state index < -0.39 is 0 Å². The van der Waals surface area contributed by atoms with Crippen LogP contribution in [-0.4, -0.2) is 57.3 Å². The Labute approximate surface area is 132 Å². The molecule has 1 saturated heterocycles. The molecular weight excluding hydrogens is 276 g/mol. The zero-order chi connectivity index (χ0) is 15.1. The van der Waals surface area contributed by atoms with Gasteiger partial charge in [-0.2, -0.15) is 0 Å². The number of hydrogen-bond donors (Lipinski definition) is 1. The molecule has 5 nitrogen and oxygen atoms in total. The highest BCUT2D eigenvalue weighted by Crippen LogP contribution is 2.36. The fourth-order valence-corrected chi connectivity index (χ4v) is 3.99. The third-order valence-corrected chi connectivity index (χ3v) is 5.56. The van der Waals surface area contributed by atoms with Crippen LogP contribution >= 0.6 is 0 Å². The Morgan fingerprint density at radius 2 is 1.77 bits per heavy atom. The highest BCUT2D eigenvalue weighted by molar-refractivity contribution is 5.43. The van der Waals surface area contributed by atoms with Crippen molar-refractivity contribution in [2.45, 2.75) is 69.7 Å². The number of likely N-dealkylation sites (tertiary alicyclic amines) is 1. The lowest BCUT2D eigenvalue weighted by atomic mass is 9.86. The van der Waals surface area contributed by atoms with Crippen LogP contribution in [0.4, 0.5) is 5.82 Å². The second kappa shape index (κ2) is 5.78. The van der Waals surface area contributed by atoms with Crippen LogP contribution in [0.25, 0.3) is 0 Å². The predicted molar refractivity (Wildman–Crippen MR) is 85.9 cm³/mol. The van der Waals surface area contributed by atoms with Gasteiger partial charge in [0.1, 0.15) is 12.1 Å². The molecule has 120 valence electrons. The van der Waals surface area contributed by atoms with Crippen LogP contribution in [-0.2, 0) is 0 Å². The smallest absolute Gasteiger partial charge is 0.132 e. The number of aliphatic hydroxyl groups is 1. The Balaban J connectivity index is 1.44. The first-order valence-corrected chi connectivity index (χ1v) is 8.71. The number of rotatable bonds is 4. The number of hydrogen-bond acceptors (Lipinski definition) is 5. The Hall–Kier alpha value is -1.20. The molecule has 1 aromatic heterocycles. The number of piperidine rings is 1. The number of aliphatic hydroxyl groups excluding tert-OH is 1. The van der Waals surface area contributed by atoms with E-state index in [1.807, 2.05) is 6.92 Å². The molecule has 1 aromatic rings. The van der Waals surface area contributed by atoms with Gasteiger partial charge in [0.2, 0.25) is 0 Å². The van der Waals surface area contributed by atoms with Crippen molar-refractivity contribution in [3.05, 3.63) is 18.1 Å². The van der Waals surface area contributed by atoms with Gasteiger partial charge in [-0.1, -0.05) is 0 Å². The molecule has 3 fully saturated rings. The lowest BCUT2D eigenvalue weighted by Crippen LogP contribution is -2.55. The van der Waals surface area contributed by atoms with E-state index in [2.05, 4.69) is 25.8 Å². The SMILES string of the molecule is Cc1cc(N(C2CC2)C2CCN(C3CCC3O)CC2)ncn1. The van der Waals surface area contributed by atoms with Crippen molar-refractivity contribution in [3.8, 4) is 0 Å². The number of anilines is 1. The molecule has 4 rings (SSSR count). The van der Waals surface area contributed by atoms with Gasteiger partial charge in [0, 0.05) is 43.0 Å². The first-order valence-electron chi connectivity index (χ1n) is 8.71. The summed E-state index contributed by atoms with van der Waals surface area (Å²) in [5.41, 5.74) is 1.05. The quantitative estimate of drug-likeness (QED) is 0.918. The molecule has 22 heavy (non-hydrogen) atoms. The van der Waals surface area contributed by atoms with E-state index in [1.165, 1.54) is 32.1 Å². The van der Waals surface area contributed by atoms with Crippen molar-refractivity contribution in [2.75, 3.05) is 18.0 Å². The molecule has 1 aliphatic heterocycles. The third kappa shape index (κ3) is 2.72. The number of nitrogens with zero attached hydrogens (tertiary/aromatic N) is 4. The van der Waals surface area contributed by atoms with Gasteiger partial charge in [0.25, 0.3) is 0 Å². The molecule has 2 unspecified atom stereocenters. The Morgan fingerprint density at radius 1 is 1.05 bits per heavy atom. The van der Waals surface area contributed by atoms with Crippen LogP contribution in [0.2, 0.25) is 0 Å². The maximum Gasteiger partial charge on any atom is 0.132 e. The van der Waals surface area contributed by atoms with Crippen molar-refractivity contribution >= 4 is 5.82 Å². The van der Waals surface area contributed by atoms with Crippen LogP contribution in [0, 0.1) is 6.92 Å². The summed E-state index contributed by atoms with van der Waals surface area (Å²) in [5, 5.41) is 9.87. The topological polar surface area (TPSA) is 52.5 Å². The molecule has 1 N–H and O–H groups in total. The molecule has 0 amide bonds. The van der Waals surface area contributed by atoms with E-state index in [0.717, 1.165) is 31.0 Å². The fraction of sp³-hybridized carbons (Fsp3) is 0.765. The van der Waals surface area contributed by atoms with Crippen molar-refractivity contribution in [1.82, 2.24) is 14.9 Å². The summed E-state index contributed by atoms with van der Waals surface area (Å²) >= 11 is 0. The molecule has 3 aliphatic rings. The predicted octanol–water partition coefficient (Wildman–Crippen LogP) is 1.74. The van der Waals surface area contributed by atoms with Crippen molar-refractivity contribution in [2.24, 2.45) is 0 Å². The van der Waals surface area contributed by atoms with Gasteiger partial charge in [-0.05, 0) is 45.4 Å². The fourth-order valence-electron chi connectivity index (χ4n) is 3.99. The maximum absolute atomic E-state index is 9.87. The molecule has 2 heterocycles. The summed E-state index contributed by atoms with van der Waals surface area (Å²) in [4.78, 5) is 13.8. The largest absolute Gasteiger partial charge is 0.391 e. The van der Waals surface area contributed by atoms with E-state index >= 15 is 0 Å². The Bertz CT molecular complexity index is 525. The monoisotopic (exact) mass is 302 g/mol. The minimum Gasteiger partial charge on any atom is -0.391 e. The second-order valence-electron chi connectivity index (χ2n) is 7.14. The van der Waals surface area contributed by atoms with E-state index in [0.29, 0.717) is 18.1 Å². The van der Waals surface area contributed by atoms with Gasteiger partial charge >= 0.3 is 0 Å². The molecule has 0 aromatic carbocycles. The van der Waals surface area contributed by atoms with Gasteiger partial charge in [-0.15, -0.1) is 0 Å². The van der Waals surface area contributed by atoms with Crippen molar-refractivity contribution < 1.29 is 5.11 Å². The highest BCUT2D eigenvalue weighted by atomic mass is 16.3. The molecule has 0 spiro atoms.